The van der Waals surface area contributed by atoms with Crippen LogP contribution in [0.3, 0.4) is 0 Å². The molecule has 2 saturated heterocycles. The van der Waals surface area contributed by atoms with Crippen molar-refractivity contribution >= 4 is 43.1 Å². The lowest BCUT2D eigenvalue weighted by atomic mass is 10.3. The summed E-state index contributed by atoms with van der Waals surface area (Å²) in [5.74, 6) is -0.604. The highest BCUT2D eigenvalue weighted by molar-refractivity contribution is 7.91. The second kappa shape index (κ2) is 8.45. The number of sulfone groups is 1. The molecule has 2 aliphatic heterocycles. The van der Waals surface area contributed by atoms with Gasteiger partial charge in [0.1, 0.15) is 4.21 Å². The molecule has 0 spiro atoms. The van der Waals surface area contributed by atoms with E-state index in [9.17, 15) is 26.4 Å². The van der Waals surface area contributed by atoms with Crippen LogP contribution >= 0.6 is 11.3 Å². The van der Waals surface area contributed by atoms with E-state index in [1.165, 1.54) is 15.6 Å². The monoisotopic (exact) mass is 450 g/mol. The third-order valence-corrected chi connectivity index (χ3v) is 9.65. The first-order valence-corrected chi connectivity index (χ1v) is 12.9. The summed E-state index contributed by atoms with van der Waals surface area (Å²) in [4.78, 5) is 25.6. The molecule has 2 aliphatic rings. The lowest BCUT2D eigenvalue weighted by Crippen LogP contribution is -2.52. The van der Waals surface area contributed by atoms with Crippen LogP contribution in [0, 0.1) is 0 Å². The molecule has 3 amide bonds. The number of carbonyl (C=O) groups is 2. The highest BCUT2D eigenvalue weighted by Crippen LogP contribution is 2.21. The number of hydrogen-bond donors (Lipinski definition) is 2. The largest absolute Gasteiger partial charge is 0.334 e. The Hall–Kier alpha value is -1.54. The summed E-state index contributed by atoms with van der Waals surface area (Å²) < 4.78 is 49.4. The van der Waals surface area contributed by atoms with Crippen molar-refractivity contribution in [3.63, 3.8) is 0 Å². The van der Waals surface area contributed by atoms with Crippen LogP contribution in [0.1, 0.15) is 6.42 Å². The van der Waals surface area contributed by atoms with Gasteiger partial charge in [0.15, 0.2) is 9.84 Å². The molecule has 3 rings (SSSR count). The number of rotatable bonds is 5. The van der Waals surface area contributed by atoms with Crippen LogP contribution in [0.4, 0.5) is 4.79 Å². The van der Waals surface area contributed by atoms with E-state index in [0.717, 1.165) is 0 Å². The molecule has 2 fully saturated rings. The number of hydrogen-bond acceptors (Lipinski definition) is 8. The predicted molar refractivity (Wildman–Crippen MR) is 103 cm³/mol. The van der Waals surface area contributed by atoms with Crippen LogP contribution < -0.4 is 10.6 Å². The standard InChI is InChI=1S/C15H22N4O6S3/c20-13(17-15(21)16-12-3-9-27(22,23)11-12)10-18-4-6-19(7-5-18)28(24,25)14-2-1-8-26-14/h1-2,8,12H,3-7,9-11H2,(H2,16,17,20,21)/t12-/m1/s1. The maximum Gasteiger partial charge on any atom is 0.321 e. The fraction of sp³-hybridized carbons (Fsp3) is 0.600. The smallest absolute Gasteiger partial charge is 0.321 e. The number of nitrogens with one attached hydrogen (secondary N) is 2. The van der Waals surface area contributed by atoms with Crippen LogP contribution in [0.2, 0.25) is 0 Å². The van der Waals surface area contributed by atoms with Crippen molar-refractivity contribution in [2.24, 2.45) is 0 Å². The maximum absolute atomic E-state index is 12.5. The molecule has 1 atom stereocenters. The minimum absolute atomic E-state index is 0.0323. The summed E-state index contributed by atoms with van der Waals surface area (Å²) in [6, 6.07) is 2.05. The molecule has 1 aromatic heterocycles. The van der Waals surface area contributed by atoms with Crippen LogP contribution in [-0.4, -0.2) is 88.3 Å². The molecule has 0 radical (unpaired) electrons. The van der Waals surface area contributed by atoms with Crippen LogP contribution in [0.25, 0.3) is 0 Å². The molecule has 1 aromatic rings. The Morgan fingerprint density at radius 3 is 2.50 bits per heavy atom. The highest BCUT2D eigenvalue weighted by Gasteiger charge is 2.31. The Bertz CT molecular complexity index is 921. The molecular formula is C15H22N4O6S3. The molecule has 0 aliphatic carbocycles. The van der Waals surface area contributed by atoms with Gasteiger partial charge in [0, 0.05) is 32.2 Å². The normalized spacial score (nSPS) is 23.4. The second-order valence-corrected chi connectivity index (χ2v) is 12.1. The van der Waals surface area contributed by atoms with Gasteiger partial charge < -0.3 is 5.32 Å². The third-order valence-electron chi connectivity index (χ3n) is 4.61. The Morgan fingerprint density at radius 2 is 1.93 bits per heavy atom. The van der Waals surface area contributed by atoms with E-state index < -0.39 is 37.8 Å². The first-order valence-electron chi connectivity index (χ1n) is 8.72. The van der Waals surface area contributed by atoms with Gasteiger partial charge in [-0.3, -0.25) is 15.0 Å². The van der Waals surface area contributed by atoms with E-state index in [0.29, 0.717) is 23.7 Å². The summed E-state index contributed by atoms with van der Waals surface area (Å²) >= 11 is 1.17. The number of amides is 3. The lowest BCUT2D eigenvalue weighted by molar-refractivity contribution is -0.121. The number of nitrogens with zero attached hydrogens (tertiary/aromatic N) is 2. The number of carbonyl (C=O) groups excluding carboxylic acids is 2. The Labute approximate surface area is 167 Å². The zero-order valence-corrected chi connectivity index (χ0v) is 17.5. The van der Waals surface area contributed by atoms with Crippen LogP contribution in [0.5, 0.6) is 0 Å². The minimum atomic E-state index is -3.50. The maximum atomic E-state index is 12.5. The van der Waals surface area contributed by atoms with Crippen molar-refractivity contribution in [3.8, 4) is 0 Å². The molecule has 0 saturated carbocycles. The second-order valence-electron chi connectivity index (χ2n) is 6.73. The molecule has 0 aromatic carbocycles. The Morgan fingerprint density at radius 1 is 1.21 bits per heavy atom. The van der Waals surface area contributed by atoms with Crippen molar-refractivity contribution in [1.29, 1.82) is 0 Å². The van der Waals surface area contributed by atoms with E-state index in [1.54, 1.807) is 22.4 Å². The van der Waals surface area contributed by atoms with Crippen molar-refractivity contribution in [1.82, 2.24) is 19.8 Å². The van der Waals surface area contributed by atoms with Crippen molar-refractivity contribution in [2.45, 2.75) is 16.7 Å². The molecule has 0 bridgehead atoms. The summed E-state index contributed by atoms with van der Waals surface area (Å²) in [6.45, 7) is 1.24. The van der Waals surface area contributed by atoms with Gasteiger partial charge >= 0.3 is 6.03 Å². The number of sulfonamides is 1. The van der Waals surface area contributed by atoms with E-state index in [-0.39, 0.29) is 31.1 Å². The minimum Gasteiger partial charge on any atom is -0.334 e. The summed E-state index contributed by atoms with van der Waals surface area (Å²) in [5.41, 5.74) is 0. The molecule has 3 heterocycles. The molecule has 28 heavy (non-hydrogen) atoms. The highest BCUT2D eigenvalue weighted by atomic mass is 32.2. The van der Waals surface area contributed by atoms with Gasteiger partial charge in [-0.15, -0.1) is 11.3 Å². The van der Waals surface area contributed by atoms with Crippen LogP contribution in [0.15, 0.2) is 21.7 Å². The predicted octanol–water partition coefficient (Wildman–Crippen LogP) is -0.933. The van der Waals surface area contributed by atoms with Gasteiger partial charge in [0.2, 0.25) is 5.91 Å². The number of piperazine rings is 1. The quantitative estimate of drug-likeness (QED) is 0.592. The molecule has 13 heteroatoms. The van der Waals surface area contributed by atoms with Gasteiger partial charge in [-0.1, -0.05) is 6.07 Å². The molecular weight excluding hydrogens is 428 g/mol. The summed E-state index contributed by atoms with van der Waals surface area (Å²) in [6.07, 6.45) is 0.338. The van der Waals surface area contributed by atoms with E-state index in [2.05, 4.69) is 10.6 Å². The Balaban J connectivity index is 1.42. The number of urea groups is 1. The van der Waals surface area contributed by atoms with E-state index in [4.69, 9.17) is 0 Å². The summed E-state index contributed by atoms with van der Waals surface area (Å²) in [7, 11) is -6.62. The van der Waals surface area contributed by atoms with Gasteiger partial charge in [0.05, 0.1) is 18.1 Å². The molecule has 10 nitrogen and oxygen atoms in total. The fourth-order valence-electron chi connectivity index (χ4n) is 3.17. The SMILES string of the molecule is O=C(CN1CCN(S(=O)(=O)c2cccs2)CC1)NC(=O)N[C@@H]1CCS(=O)(=O)C1. The van der Waals surface area contributed by atoms with Crippen molar-refractivity contribution in [3.05, 3.63) is 17.5 Å². The van der Waals surface area contributed by atoms with E-state index >= 15 is 0 Å². The topological polar surface area (TPSA) is 133 Å². The fourth-order valence-corrected chi connectivity index (χ4v) is 7.41. The zero-order chi connectivity index (χ0) is 20.4. The number of imide groups is 1. The van der Waals surface area contributed by atoms with Gasteiger partial charge in [-0.25, -0.2) is 21.6 Å². The summed E-state index contributed by atoms with van der Waals surface area (Å²) in [5, 5.41) is 6.39. The first-order chi connectivity index (χ1) is 13.2. The molecule has 0 unspecified atom stereocenters. The Kier molecular flexibility index (Phi) is 6.39. The van der Waals surface area contributed by atoms with Crippen molar-refractivity contribution < 1.29 is 26.4 Å². The van der Waals surface area contributed by atoms with Crippen molar-refractivity contribution in [2.75, 3.05) is 44.2 Å². The zero-order valence-electron chi connectivity index (χ0n) is 15.0. The van der Waals surface area contributed by atoms with Gasteiger partial charge in [-0.2, -0.15) is 4.31 Å². The first kappa shape index (κ1) is 21.2. The van der Waals surface area contributed by atoms with Crippen LogP contribution in [-0.2, 0) is 24.7 Å². The number of thiophene rings is 1. The van der Waals surface area contributed by atoms with Gasteiger partial charge in [0.25, 0.3) is 10.0 Å². The molecule has 156 valence electrons. The average Bonchev–Trinajstić information content (AvgIpc) is 3.25. The molecule has 2 N–H and O–H groups in total. The lowest BCUT2D eigenvalue weighted by Gasteiger charge is -2.33. The van der Waals surface area contributed by atoms with Gasteiger partial charge in [-0.05, 0) is 17.9 Å². The van der Waals surface area contributed by atoms with E-state index in [1.807, 2.05) is 0 Å². The third kappa shape index (κ3) is 5.29. The average molecular weight is 451 g/mol.